The largest absolute Gasteiger partial charge is 0.198 e. The van der Waals surface area contributed by atoms with E-state index >= 15 is 0 Å². The Bertz CT molecular complexity index is 130. The summed E-state index contributed by atoms with van der Waals surface area (Å²) in [6, 6.07) is 0. The van der Waals surface area contributed by atoms with E-state index in [9.17, 15) is 4.39 Å². The van der Waals surface area contributed by atoms with Gasteiger partial charge in [0.25, 0.3) is 0 Å². The van der Waals surface area contributed by atoms with Gasteiger partial charge in [0.1, 0.15) is 0 Å². The van der Waals surface area contributed by atoms with E-state index in [2.05, 4.69) is 79.6 Å². The molecule has 0 radical (unpaired) electrons. The fourth-order valence-electron chi connectivity index (χ4n) is 0.107. The molecule has 0 aliphatic rings. The van der Waals surface area contributed by atoms with Crippen LogP contribution in [0, 0.1) is 0 Å². The molecule has 0 aliphatic heterocycles. The Morgan fingerprint density at radius 1 is 1.11 bits per heavy atom. The van der Waals surface area contributed by atoms with Crippen molar-refractivity contribution in [2.24, 2.45) is 0 Å². The summed E-state index contributed by atoms with van der Waals surface area (Å²) < 4.78 is 11.4. The molecule has 0 bridgehead atoms. The second kappa shape index (κ2) is 4.18. The standard InChI is InChI=1S/C3Br5F/c4-1(2(5)9)3(6,7)8. The maximum Gasteiger partial charge on any atom is 0.178 e. The van der Waals surface area contributed by atoms with Crippen molar-refractivity contribution in [2.45, 2.75) is 2.14 Å². The van der Waals surface area contributed by atoms with E-state index < -0.39 is 6.88 Å². The summed E-state index contributed by atoms with van der Waals surface area (Å²) in [6.07, 6.45) is 0. The molecular formula is C3Br5F. The first kappa shape index (κ1) is 11.1. The molecule has 0 rings (SSSR count). The molecule has 0 fully saturated rings. The van der Waals surface area contributed by atoms with Crippen LogP contribution in [0.25, 0.3) is 0 Å². The Morgan fingerprint density at radius 2 is 1.44 bits per heavy atom. The number of allylic oxidation sites excluding steroid dienone is 1. The number of hydrogen-bond donors (Lipinski definition) is 0. The maximum atomic E-state index is 12.3. The third kappa shape index (κ3) is 4.50. The zero-order valence-electron chi connectivity index (χ0n) is 3.77. The van der Waals surface area contributed by atoms with Crippen molar-refractivity contribution < 1.29 is 4.39 Å². The van der Waals surface area contributed by atoms with Crippen molar-refractivity contribution in [3.63, 3.8) is 0 Å². The van der Waals surface area contributed by atoms with Gasteiger partial charge in [-0.25, -0.2) is 0 Å². The van der Waals surface area contributed by atoms with E-state index in [0.29, 0.717) is 4.48 Å². The van der Waals surface area contributed by atoms with Crippen molar-refractivity contribution in [3.8, 4) is 0 Å². The van der Waals surface area contributed by atoms with E-state index in [-0.39, 0.29) is 0 Å². The molecule has 0 N–H and O–H groups in total. The van der Waals surface area contributed by atoms with Gasteiger partial charge in [0.05, 0.1) is 4.48 Å². The fraction of sp³-hybridized carbons (Fsp3) is 0.333. The highest BCUT2D eigenvalue weighted by atomic mass is 80.0. The first-order valence-electron chi connectivity index (χ1n) is 1.63. The third-order valence-electron chi connectivity index (χ3n) is 0.415. The van der Waals surface area contributed by atoms with Crippen LogP contribution in [0.2, 0.25) is 0 Å². The van der Waals surface area contributed by atoms with E-state index in [1.165, 1.54) is 0 Å². The van der Waals surface area contributed by atoms with Gasteiger partial charge in [0, 0.05) is 0 Å². The Labute approximate surface area is 94.3 Å². The summed E-state index contributed by atoms with van der Waals surface area (Å²) >= 11 is 14.9. The number of halogens is 6. The maximum absolute atomic E-state index is 12.3. The van der Waals surface area contributed by atoms with Gasteiger partial charge in [-0.3, -0.25) is 0 Å². The van der Waals surface area contributed by atoms with Crippen LogP contribution in [0.3, 0.4) is 0 Å². The lowest BCUT2D eigenvalue weighted by Gasteiger charge is -2.09. The molecule has 0 saturated carbocycles. The fourth-order valence-corrected chi connectivity index (χ4v) is 1.72. The minimum atomic E-state index is -0.708. The Balaban J connectivity index is 4.40. The predicted octanol–water partition coefficient (Wildman–Crippen LogP) is 4.75. The van der Waals surface area contributed by atoms with Gasteiger partial charge in [0.2, 0.25) is 0 Å². The van der Waals surface area contributed by atoms with Gasteiger partial charge < -0.3 is 0 Å². The van der Waals surface area contributed by atoms with E-state index in [1.54, 1.807) is 0 Å². The Morgan fingerprint density at radius 3 is 1.44 bits per heavy atom. The summed E-state index contributed by atoms with van der Waals surface area (Å²) in [7, 11) is 0. The second-order valence-corrected chi connectivity index (χ2v) is 9.32. The van der Waals surface area contributed by atoms with Crippen LogP contribution < -0.4 is 0 Å². The highest BCUT2D eigenvalue weighted by Crippen LogP contribution is 2.46. The molecule has 54 valence electrons. The number of alkyl halides is 3. The summed E-state index contributed by atoms with van der Waals surface area (Å²) in [5, 5.41) is 0. The van der Waals surface area contributed by atoms with Crippen LogP contribution in [0.1, 0.15) is 0 Å². The average molecular weight is 455 g/mol. The Hall–Kier alpha value is 2.07. The van der Waals surface area contributed by atoms with Crippen LogP contribution in [-0.2, 0) is 0 Å². The van der Waals surface area contributed by atoms with Crippen LogP contribution in [0.4, 0.5) is 4.39 Å². The molecule has 0 aromatic carbocycles. The summed E-state index contributed by atoms with van der Waals surface area (Å²) in [4.78, 5) is 0. The highest BCUT2D eigenvalue weighted by Gasteiger charge is 2.24. The second-order valence-electron chi connectivity index (χ2n) is 1.07. The van der Waals surface area contributed by atoms with Gasteiger partial charge in [-0.15, -0.1) is 0 Å². The molecule has 0 spiro atoms. The van der Waals surface area contributed by atoms with Crippen LogP contribution in [-0.4, -0.2) is 2.14 Å². The molecule has 9 heavy (non-hydrogen) atoms. The molecule has 0 aromatic rings. The monoisotopic (exact) mass is 450 g/mol. The summed E-state index contributed by atoms with van der Waals surface area (Å²) in [5.41, 5.74) is 0. The summed E-state index contributed by atoms with van der Waals surface area (Å²) in [5.74, 6) is 0. The zero-order valence-corrected chi connectivity index (χ0v) is 11.7. The van der Waals surface area contributed by atoms with Crippen LogP contribution in [0.5, 0.6) is 0 Å². The first-order valence-corrected chi connectivity index (χ1v) is 5.60. The van der Waals surface area contributed by atoms with Crippen LogP contribution in [0.15, 0.2) is 9.22 Å². The summed E-state index contributed by atoms with van der Waals surface area (Å²) in [6.45, 7) is 0. The molecule has 0 unspecified atom stereocenters. The van der Waals surface area contributed by atoms with Gasteiger partial charge in [0.15, 0.2) is 6.88 Å². The predicted molar refractivity (Wildman–Crippen MR) is 55.5 cm³/mol. The lowest BCUT2D eigenvalue weighted by atomic mass is 10.7. The average Bonchev–Trinajstić information content (AvgIpc) is 1.62. The van der Waals surface area contributed by atoms with Gasteiger partial charge in [-0.05, 0) is 31.9 Å². The normalized spacial score (nSPS) is 15.3. The molecule has 0 aromatic heterocycles. The van der Waals surface area contributed by atoms with Gasteiger partial charge in [-0.2, -0.15) is 4.39 Å². The van der Waals surface area contributed by atoms with E-state index in [0.717, 1.165) is 0 Å². The minimum absolute atomic E-state index is 0.315. The lowest BCUT2D eigenvalue weighted by molar-refractivity contribution is 0.700. The molecule has 0 nitrogen and oxygen atoms in total. The van der Waals surface area contributed by atoms with Gasteiger partial charge in [-0.1, -0.05) is 47.8 Å². The van der Waals surface area contributed by atoms with Crippen molar-refractivity contribution in [2.75, 3.05) is 0 Å². The first-order chi connectivity index (χ1) is 3.85. The van der Waals surface area contributed by atoms with Crippen molar-refractivity contribution in [1.29, 1.82) is 0 Å². The van der Waals surface area contributed by atoms with Crippen molar-refractivity contribution >= 4 is 79.6 Å². The molecule has 0 amide bonds. The zero-order chi connectivity index (χ0) is 7.65. The number of rotatable bonds is 0. The smallest absolute Gasteiger partial charge is 0.178 e. The quantitative estimate of drug-likeness (QED) is 0.464. The third-order valence-corrected chi connectivity index (χ3v) is 5.07. The molecule has 0 atom stereocenters. The lowest BCUT2D eigenvalue weighted by Crippen LogP contribution is -1.98. The molecule has 0 aliphatic carbocycles. The highest BCUT2D eigenvalue weighted by molar-refractivity contribution is 9.40. The van der Waals surface area contributed by atoms with Gasteiger partial charge >= 0.3 is 0 Å². The molecule has 0 saturated heterocycles. The number of hydrogen-bond acceptors (Lipinski definition) is 0. The minimum Gasteiger partial charge on any atom is -0.198 e. The SMILES string of the molecule is FC(Br)=C(Br)C(Br)(Br)Br. The van der Waals surface area contributed by atoms with E-state index in [4.69, 9.17) is 0 Å². The van der Waals surface area contributed by atoms with Crippen molar-refractivity contribution in [1.82, 2.24) is 0 Å². The topological polar surface area (TPSA) is 0 Å². The van der Waals surface area contributed by atoms with Crippen LogP contribution >= 0.6 is 79.6 Å². The molecule has 6 heteroatoms. The molecule has 0 heterocycles. The Kier molecular flexibility index (Phi) is 5.15. The van der Waals surface area contributed by atoms with Crippen molar-refractivity contribution in [3.05, 3.63) is 9.22 Å². The van der Waals surface area contributed by atoms with E-state index in [1.807, 2.05) is 0 Å². The molecular weight excluding hydrogens is 455 g/mol.